The normalized spacial score (nSPS) is 11.4. The van der Waals surface area contributed by atoms with Crippen molar-refractivity contribution in [2.24, 2.45) is 0 Å². The zero-order valence-electron chi connectivity index (χ0n) is 19.7. The maximum absolute atomic E-state index is 13.5. The van der Waals surface area contributed by atoms with E-state index in [2.05, 4.69) is 5.16 Å². The van der Waals surface area contributed by atoms with Crippen molar-refractivity contribution in [1.82, 2.24) is 5.16 Å². The lowest BCUT2D eigenvalue weighted by atomic mass is 9.96. The number of ketones is 1. The minimum atomic E-state index is -4.63. The molecule has 0 spiro atoms. The largest absolute Gasteiger partial charge is 0.492 e. The number of benzene rings is 3. The van der Waals surface area contributed by atoms with Crippen molar-refractivity contribution in [2.75, 3.05) is 6.61 Å². The summed E-state index contributed by atoms with van der Waals surface area (Å²) < 4.78 is 51.1. The van der Waals surface area contributed by atoms with Crippen molar-refractivity contribution in [3.05, 3.63) is 92.4 Å². The second-order valence-corrected chi connectivity index (χ2v) is 9.55. The van der Waals surface area contributed by atoms with Gasteiger partial charge in [0.25, 0.3) is 0 Å². The third-order valence-electron chi connectivity index (χ3n) is 5.55. The van der Waals surface area contributed by atoms with Crippen LogP contribution in [0.15, 0.2) is 65.2 Å². The molecule has 0 aliphatic rings. The van der Waals surface area contributed by atoms with Crippen LogP contribution in [-0.4, -0.2) is 28.6 Å². The quantitative estimate of drug-likeness (QED) is 0.195. The highest BCUT2D eigenvalue weighted by atomic mass is 35.5. The van der Waals surface area contributed by atoms with Gasteiger partial charge in [0, 0.05) is 22.6 Å². The Labute approximate surface area is 234 Å². The zero-order chi connectivity index (χ0) is 28.3. The molecule has 4 rings (SSSR count). The summed E-state index contributed by atoms with van der Waals surface area (Å²) in [4.78, 5) is 24.5. The number of carbonyl (C=O) groups is 2. The third-order valence-corrected chi connectivity index (χ3v) is 6.39. The number of ether oxygens (including phenoxy) is 1. The number of rotatable bonds is 9. The van der Waals surface area contributed by atoms with Crippen molar-refractivity contribution in [3.8, 4) is 28.3 Å². The lowest BCUT2D eigenvalue weighted by Crippen LogP contribution is -2.09. The van der Waals surface area contributed by atoms with Crippen LogP contribution < -0.4 is 4.74 Å². The van der Waals surface area contributed by atoms with Gasteiger partial charge in [-0.05, 0) is 42.0 Å². The van der Waals surface area contributed by atoms with E-state index in [9.17, 15) is 22.8 Å². The van der Waals surface area contributed by atoms with Gasteiger partial charge >= 0.3 is 12.1 Å². The van der Waals surface area contributed by atoms with E-state index in [1.807, 2.05) is 0 Å². The Morgan fingerprint density at radius 3 is 2.41 bits per heavy atom. The van der Waals surface area contributed by atoms with E-state index in [0.717, 1.165) is 12.1 Å². The van der Waals surface area contributed by atoms with Gasteiger partial charge in [-0.1, -0.05) is 64.2 Å². The van der Waals surface area contributed by atoms with Crippen LogP contribution in [0, 0.1) is 0 Å². The highest BCUT2D eigenvalue weighted by Crippen LogP contribution is 2.39. The zero-order valence-corrected chi connectivity index (χ0v) is 22.0. The summed E-state index contributed by atoms with van der Waals surface area (Å²) in [6, 6.07) is 13.2. The topological polar surface area (TPSA) is 89.6 Å². The molecular formula is C27H17Cl3F3NO5. The summed E-state index contributed by atoms with van der Waals surface area (Å²) in [6.07, 6.45) is -5.13. The monoisotopic (exact) mass is 597 g/mol. The summed E-state index contributed by atoms with van der Waals surface area (Å²) in [5.74, 6) is -1.51. The van der Waals surface area contributed by atoms with Crippen LogP contribution in [0.3, 0.4) is 0 Å². The Kier molecular flexibility index (Phi) is 8.54. The highest BCUT2D eigenvalue weighted by Gasteiger charge is 2.32. The van der Waals surface area contributed by atoms with E-state index in [1.54, 1.807) is 6.07 Å². The fraction of sp³-hybridized carbons (Fsp3) is 0.148. The van der Waals surface area contributed by atoms with Crippen molar-refractivity contribution in [2.45, 2.75) is 19.0 Å². The number of alkyl halides is 3. The third kappa shape index (κ3) is 6.73. The minimum absolute atomic E-state index is 0.0104. The molecule has 0 saturated carbocycles. The van der Waals surface area contributed by atoms with Crippen LogP contribution in [0.25, 0.3) is 22.6 Å². The molecule has 0 unspecified atom stereocenters. The summed E-state index contributed by atoms with van der Waals surface area (Å²) in [5, 5.41) is 13.7. The Morgan fingerprint density at radius 2 is 1.74 bits per heavy atom. The van der Waals surface area contributed by atoms with Gasteiger partial charge in [-0.3, -0.25) is 9.59 Å². The summed E-state index contributed by atoms with van der Waals surface area (Å²) >= 11 is 18.4. The minimum Gasteiger partial charge on any atom is -0.492 e. The van der Waals surface area contributed by atoms with Gasteiger partial charge in [0.15, 0.2) is 11.5 Å². The summed E-state index contributed by atoms with van der Waals surface area (Å²) in [6.45, 7) is -0.127. The molecule has 0 aliphatic heterocycles. The van der Waals surface area contributed by atoms with Crippen molar-refractivity contribution >= 4 is 46.6 Å². The molecule has 0 bridgehead atoms. The Bertz CT molecular complexity index is 1550. The molecule has 3 aromatic carbocycles. The molecule has 1 aromatic heterocycles. The maximum atomic E-state index is 13.5. The van der Waals surface area contributed by atoms with Gasteiger partial charge < -0.3 is 14.4 Å². The number of halogens is 6. The number of hydrogen-bond donors (Lipinski definition) is 1. The van der Waals surface area contributed by atoms with E-state index in [0.29, 0.717) is 10.6 Å². The second-order valence-electron chi connectivity index (χ2n) is 8.29. The molecule has 0 saturated heterocycles. The average molecular weight is 599 g/mol. The molecule has 0 aliphatic carbocycles. The Morgan fingerprint density at radius 1 is 0.974 bits per heavy atom. The first-order valence-electron chi connectivity index (χ1n) is 11.2. The number of Topliss-reactive ketones (excluding diaryl/α,β-unsaturated/α-hetero) is 1. The van der Waals surface area contributed by atoms with Gasteiger partial charge in [-0.2, -0.15) is 13.2 Å². The molecular weight excluding hydrogens is 582 g/mol. The molecule has 202 valence electrons. The van der Waals surface area contributed by atoms with E-state index in [4.69, 9.17) is 49.2 Å². The second kappa shape index (κ2) is 11.7. The van der Waals surface area contributed by atoms with Crippen molar-refractivity contribution < 1.29 is 37.1 Å². The first-order chi connectivity index (χ1) is 18.4. The summed E-state index contributed by atoms with van der Waals surface area (Å²) in [5.41, 5.74) is -0.436. The lowest BCUT2D eigenvalue weighted by Gasteiger charge is -2.10. The number of nitrogens with zero attached hydrogens (tertiary/aromatic N) is 1. The molecule has 1 heterocycles. The Balaban J connectivity index is 1.72. The van der Waals surface area contributed by atoms with E-state index in [1.165, 1.54) is 42.5 Å². The van der Waals surface area contributed by atoms with E-state index in [-0.39, 0.29) is 63.4 Å². The number of carboxylic acid groups (broad SMARTS) is 1. The first-order valence-corrected chi connectivity index (χ1v) is 12.4. The van der Waals surface area contributed by atoms with Crippen molar-refractivity contribution in [3.63, 3.8) is 0 Å². The fourth-order valence-corrected chi connectivity index (χ4v) is 4.53. The highest BCUT2D eigenvalue weighted by molar-refractivity contribution is 6.35. The Hall–Kier alpha value is -3.53. The molecule has 0 atom stereocenters. The van der Waals surface area contributed by atoms with Crippen molar-refractivity contribution in [1.29, 1.82) is 0 Å². The number of aliphatic carboxylic acids is 1. The van der Waals surface area contributed by atoms with Crippen LogP contribution in [0.4, 0.5) is 13.2 Å². The molecule has 0 radical (unpaired) electrons. The fourth-order valence-electron chi connectivity index (χ4n) is 3.77. The molecule has 0 fully saturated rings. The maximum Gasteiger partial charge on any atom is 0.416 e. The molecule has 4 aromatic rings. The predicted octanol–water partition coefficient (Wildman–Crippen LogP) is 8.27. The average Bonchev–Trinajstić information content (AvgIpc) is 3.29. The van der Waals surface area contributed by atoms with Crippen LogP contribution in [0.5, 0.6) is 5.75 Å². The van der Waals surface area contributed by atoms with E-state index >= 15 is 0 Å². The molecule has 6 nitrogen and oxygen atoms in total. The summed E-state index contributed by atoms with van der Waals surface area (Å²) in [7, 11) is 0. The van der Waals surface area contributed by atoms with Gasteiger partial charge in [0.1, 0.15) is 11.4 Å². The number of hydrogen-bond acceptors (Lipinski definition) is 5. The first kappa shape index (κ1) is 28.5. The molecule has 39 heavy (non-hydrogen) atoms. The van der Waals surface area contributed by atoms with Gasteiger partial charge in [-0.15, -0.1) is 0 Å². The lowest BCUT2D eigenvalue weighted by molar-refractivity contribution is -0.138. The number of carboxylic acids is 1. The van der Waals surface area contributed by atoms with Crippen LogP contribution >= 0.6 is 34.8 Å². The predicted molar refractivity (Wildman–Crippen MR) is 140 cm³/mol. The van der Waals surface area contributed by atoms with Crippen LogP contribution in [-0.2, 0) is 17.4 Å². The molecule has 1 N–H and O–H groups in total. The van der Waals surface area contributed by atoms with E-state index < -0.39 is 23.5 Å². The van der Waals surface area contributed by atoms with Gasteiger partial charge in [-0.25, -0.2) is 0 Å². The van der Waals surface area contributed by atoms with Crippen LogP contribution in [0.2, 0.25) is 15.1 Å². The van der Waals surface area contributed by atoms with Gasteiger partial charge in [0.05, 0.1) is 34.2 Å². The number of carbonyl (C=O) groups excluding carboxylic acids is 1. The number of aromatic nitrogens is 1. The van der Waals surface area contributed by atoms with Crippen LogP contribution in [0.1, 0.15) is 27.9 Å². The molecule has 0 amide bonds. The standard InChI is InChI=1S/C27H17Cl3F3NO5/c28-17-5-7-22(20(30)13-17)38-9-8-21(35)24-25(18-6-4-14(10-19(18)29)11-23(36)37)34-39-26(24)15-2-1-3-16(12-15)27(31,32)33/h1-7,10,12-13H,8-9,11H2,(H,36,37). The SMILES string of the molecule is O=C(O)Cc1ccc(-c2noc(-c3cccc(C(F)(F)F)c3)c2C(=O)CCOc2ccc(Cl)cc2Cl)c(Cl)c1. The van der Waals surface area contributed by atoms with Gasteiger partial charge in [0.2, 0.25) is 0 Å². The molecule has 12 heteroatoms. The smallest absolute Gasteiger partial charge is 0.416 e.